The Balaban J connectivity index is 1.85. The molecule has 19 heavy (non-hydrogen) atoms. The zero-order valence-electron chi connectivity index (χ0n) is 11.6. The van der Waals surface area contributed by atoms with Crippen LogP contribution in [0.4, 0.5) is 6.01 Å². The molecular formula is C15H21N3O. The van der Waals surface area contributed by atoms with E-state index in [4.69, 9.17) is 4.42 Å². The summed E-state index contributed by atoms with van der Waals surface area (Å²) in [4.78, 5) is 6.86. The first-order valence-electron chi connectivity index (χ1n) is 7.09. The van der Waals surface area contributed by atoms with Crippen LogP contribution in [0, 0.1) is 0 Å². The van der Waals surface area contributed by atoms with Gasteiger partial charge in [0.2, 0.25) is 0 Å². The summed E-state index contributed by atoms with van der Waals surface area (Å²) in [5.74, 6) is 0. The summed E-state index contributed by atoms with van der Waals surface area (Å²) in [6, 6.07) is 9.62. The van der Waals surface area contributed by atoms with Gasteiger partial charge in [-0.2, -0.15) is 4.98 Å². The van der Waals surface area contributed by atoms with Crippen LogP contribution in [0.3, 0.4) is 0 Å². The molecule has 1 aliphatic rings. The van der Waals surface area contributed by atoms with Crippen LogP contribution in [0.25, 0.3) is 11.1 Å². The van der Waals surface area contributed by atoms with Gasteiger partial charge in [0.15, 0.2) is 5.58 Å². The van der Waals surface area contributed by atoms with Crippen molar-refractivity contribution < 1.29 is 4.42 Å². The number of nitrogens with one attached hydrogen (secondary N) is 1. The zero-order valence-corrected chi connectivity index (χ0v) is 11.6. The first-order chi connectivity index (χ1) is 9.24. The van der Waals surface area contributed by atoms with Crippen LogP contribution in [0.2, 0.25) is 0 Å². The number of rotatable bonds is 4. The Morgan fingerprint density at radius 3 is 2.95 bits per heavy atom. The number of aromatic nitrogens is 1. The molecule has 4 heteroatoms. The molecule has 1 saturated heterocycles. The van der Waals surface area contributed by atoms with Gasteiger partial charge in [0.25, 0.3) is 6.01 Å². The highest BCUT2D eigenvalue weighted by atomic mass is 16.4. The number of benzene rings is 1. The molecule has 1 aromatic carbocycles. The van der Waals surface area contributed by atoms with E-state index in [2.05, 4.69) is 29.0 Å². The van der Waals surface area contributed by atoms with Crippen LogP contribution in [0.15, 0.2) is 28.7 Å². The first-order valence-corrected chi connectivity index (χ1v) is 7.09. The highest BCUT2D eigenvalue weighted by Gasteiger charge is 2.23. The number of anilines is 1. The molecule has 0 aliphatic carbocycles. The third kappa shape index (κ3) is 2.59. The predicted octanol–water partition coefficient (Wildman–Crippen LogP) is 2.79. The van der Waals surface area contributed by atoms with Gasteiger partial charge in [-0.05, 0) is 45.4 Å². The van der Waals surface area contributed by atoms with Crippen molar-refractivity contribution in [2.75, 3.05) is 18.0 Å². The molecule has 1 unspecified atom stereocenters. The molecule has 2 aromatic rings. The third-order valence-electron chi connectivity index (χ3n) is 3.73. The quantitative estimate of drug-likeness (QED) is 0.916. The summed E-state index contributed by atoms with van der Waals surface area (Å²) in [6.07, 6.45) is 2.51. The number of hydrogen-bond donors (Lipinski definition) is 1. The van der Waals surface area contributed by atoms with Gasteiger partial charge in [-0.1, -0.05) is 12.1 Å². The van der Waals surface area contributed by atoms with Crippen LogP contribution in [-0.2, 0) is 0 Å². The Bertz CT molecular complexity index is 510. The van der Waals surface area contributed by atoms with Crippen LogP contribution in [-0.4, -0.2) is 30.2 Å². The van der Waals surface area contributed by atoms with Crippen molar-refractivity contribution in [3.8, 4) is 0 Å². The summed E-state index contributed by atoms with van der Waals surface area (Å²) in [5, 5.41) is 3.53. The molecule has 3 rings (SSSR count). The largest absolute Gasteiger partial charge is 0.423 e. The van der Waals surface area contributed by atoms with Crippen LogP contribution in [0.5, 0.6) is 0 Å². The van der Waals surface area contributed by atoms with E-state index in [1.54, 1.807) is 0 Å². The molecule has 1 aliphatic heterocycles. The summed E-state index contributed by atoms with van der Waals surface area (Å²) < 4.78 is 5.89. The van der Waals surface area contributed by atoms with E-state index in [1.165, 1.54) is 12.8 Å². The summed E-state index contributed by atoms with van der Waals surface area (Å²) in [6.45, 7) is 6.46. The molecule has 0 bridgehead atoms. The number of fused-ring (bicyclic) bond motifs is 1. The average molecular weight is 259 g/mol. The molecule has 0 saturated carbocycles. The molecule has 0 spiro atoms. The maximum Gasteiger partial charge on any atom is 0.298 e. The van der Waals surface area contributed by atoms with Crippen LogP contribution >= 0.6 is 0 Å². The van der Waals surface area contributed by atoms with E-state index in [0.717, 1.165) is 30.2 Å². The van der Waals surface area contributed by atoms with Gasteiger partial charge >= 0.3 is 0 Å². The zero-order chi connectivity index (χ0) is 13.2. The summed E-state index contributed by atoms with van der Waals surface area (Å²) >= 11 is 0. The van der Waals surface area contributed by atoms with E-state index >= 15 is 0 Å². The minimum Gasteiger partial charge on any atom is -0.423 e. The number of hydrogen-bond acceptors (Lipinski definition) is 4. The normalized spacial score (nSPS) is 19.4. The minimum absolute atomic E-state index is 0.385. The Labute approximate surface area is 113 Å². The highest BCUT2D eigenvalue weighted by Crippen LogP contribution is 2.24. The van der Waals surface area contributed by atoms with Gasteiger partial charge in [-0.25, -0.2) is 0 Å². The van der Waals surface area contributed by atoms with Gasteiger partial charge < -0.3 is 14.6 Å². The van der Waals surface area contributed by atoms with E-state index in [9.17, 15) is 0 Å². The molecule has 0 amide bonds. The lowest BCUT2D eigenvalue weighted by Gasteiger charge is -2.27. The predicted molar refractivity (Wildman–Crippen MR) is 77.5 cm³/mol. The second kappa shape index (κ2) is 5.21. The highest BCUT2D eigenvalue weighted by molar-refractivity contribution is 5.74. The number of oxazole rings is 1. The average Bonchev–Trinajstić information content (AvgIpc) is 3.04. The lowest BCUT2D eigenvalue weighted by molar-refractivity contribution is 0.495. The molecule has 4 nitrogen and oxygen atoms in total. The number of nitrogens with zero attached hydrogens (tertiary/aromatic N) is 2. The van der Waals surface area contributed by atoms with Crippen molar-refractivity contribution in [1.29, 1.82) is 0 Å². The maximum atomic E-state index is 5.89. The lowest BCUT2D eigenvalue weighted by Crippen LogP contribution is -2.41. The van der Waals surface area contributed by atoms with Gasteiger partial charge in [-0.3, -0.25) is 0 Å². The van der Waals surface area contributed by atoms with Crippen molar-refractivity contribution in [3.63, 3.8) is 0 Å². The standard InChI is InChI=1S/C15H21N3O/c1-11(2)18(10-12-6-5-9-16-12)15-17-13-7-3-4-8-14(13)19-15/h3-4,7-8,11-12,16H,5-6,9-10H2,1-2H3. The van der Waals surface area contributed by atoms with Crippen molar-refractivity contribution >= 4 is 17.1 Å². The van der Waals surface area contributed by atoms with Crippen molar-refractivity contribution in [2.24, 2.45) is 0 Å². The first kappa shape index (κ1) is 12.5. The van der Waals surface area contributed by atoms with E-state index in [-0.39, 0.29) is 0 Å². The molecule has 102 valence electrons. The Morgan fingerprint density at radius 2 is 2.26 bits per heavy atom. The SMILES string of the molecule is CC(C)N(CC1CCCN1)c1nc2ccccc2o1. The second-order valence-electron chi connectivity index (χ2n) is 5.50. The van der Waals surface area contributed by atoms with Crippen LogP contribution in [0.1, 0.15) is 26.7 Å². The molecule has 0 radical (unpaired) electrons. The van der Waals surface area contributed by atoms with Crippen molar-refractivity contribution in [2.45, 2.75) is 38.8 Å². The van der Waals surface area contributed by atoms with E-state index in [1.807, 2.05) is 24.3 Å². The molecule has 1 atom stereocenters. The van der Waals surface area contributed by atoms with E-state index < -0.39 is 0 Å². The lowest BCUT2D eigenvalue weighted by atomic mass is 10.2. The fourth-order valence-corrected chi connectivity index (χ4v) is 2.64. The Kier molecular flexibility index (Phi) is 3.42. The molecule has 1 aromatic heterocycles. The maximum absolute atomic E-state index is 5.89. The summed E-state index contributed by atoms with van der Waals surface area (Å²) in [7, 11) is 0. The van der Waals surface area contributed by atoms with Gasteiger partial charge in [-0.15, -0.1) is 0 Å². The molecule has 1 N–H and O–H groups in total. The van der Waals surface area contributed by atoms with Crippen molar-refractivity contribution in [1.82, 2.24) is 10.3 Å². The minimum atomic E-state index is 0.385. The Hall–Kier alpha value is -1.55. The fraction of sp³-hybridized carbons (Fsp3) is 0.533. The fourth-order valence-electron chi connectivity index (χ4n) is 2.64. The molecule has 1 fully saturated rings. The second-order valence-corrected chi connectivity index (χ2v) is 5.50. The van der Waals surface area contributed by atoms with Crippen LogP contribution < -0.4 is 10.2 Å². The van der Waals surface area contributed by atoms with E-state index in [0.29, 0.717) is 12.1 Å². The Morgan fingerprint density at radius 1 is 1.42 bits per heavy atom. The third-order valence-corrected chi connectivity index (χ3v) is 3.73. The molecule has 2 heterocycles. The number of para-hydroxylation sites is 2. The van der Waals surface area contributed by atoms with Crippen molar-refractivity contribution in [3.05, 3.63) is 24.3 Å². The summed E-state index contributed by atoms with van der Waals surface area (Å²) in [5.41, 5.74) is 1.80. The van der Waals surface area contributed by atoms with Gasteiger partial charge in [0, 0.05) is 18.6 Å². The van der Waals surface area contributed by atoms with Gasteiger partial charge in [0.05, 0.1) is 0 Å². The monoisotopic (exact) mass is 259 g/mol. The topological polar surface area (TPSA) is 41.3 Å². The van der Waals surface area contributed by atoms with Gasteiger partial charge in [0.1, 0.15) is 5.52 Å². The molecular weight excluding hydrogens is 238 g/mol. The smallest absolute Gasteiger partial charge is 0.298 e.